The van der Waals surface area contributed by atoms with E-state index in [0.29, 0.717) is 6.54 Å². The van der Waals surface area contributed by atoms with Crippen LogP contribution < -0.4 is 10.6 Å². The van der Waals surface area contributed by atoms with E-state index in [1.165, 1.54) is 11.1 Å². The molecule has 3 rings (SSSR count). The van der Waals surface area contributed by atoms with Crippen LogP contribution in [0.2, 0.25) is 0 Å². The highest BCUT2D eigenvalue weighted by Crippen LogP contribution is 2.30. The molecule has 3 heteroatoms. The summed E-state index contributed by atoms with van der Waals surface area (Å²) in [5, 5.41) is 0. The van der Waals surface area contributed by atoms with Crippen molar-refractivity contribution < 1.29 is 0 Å². The largest absolute Gasteiger partial charge is 0.348 e. The number of pyridine rings is 1. The molecule has 0 radical (unpaired) electrons. The summed E-state index contributed by atoms with van der Waals surface area (Å²) in [5.74, 6) is 1.04. The SMILES string of the molecule is CC(C)(C)c1cc(CN)cc(N2Cc3ccccc3C2)n1. The number of nitrogens with zero attached hydrogens (tertiary/aromatic N) is 2. The van der Waals surface area contributed by atoms with Crippen LogP contribution in [-0.4, -0.2) is 4.98 Å². The van der Waals surface area contributed by atoms with Gasteiger partial charge in [-0.25, -0.2) is 4.98 Å². The summed E-state index contributed by atoms with van der Waals surface area (Å²) in [4.78, 5) is 7.22. The third-order valence-corrected chi connectivity index (χ3v) is 4.04. The molecule has 2 heterocycles. The summed E-state index contributed by atoms with van der Waals surface area (Å²) >= 11 is 0. The molecule has 2 N–H and O–H groups in total. The monoisotopic (exact) mass is 281 g/mol. The predicted octanol–water partition coefficient (Wildman–Crippen LogP) is 3.36. The lowest BCUT2D eigenvalue weighted by Gasteiger charge is -2.23. The van der Waals surface area contributed by atoms with Crippen LogP contribution in [0.4, 0.5) is 5.82 Å². The second kappa shape index (κ2) is 5.15. The van der Waals surface area contributed by atoms with Crippen molar-refractivity contribution in [2.75, 3.05) is 4.90 Å². The van der Waals surface area contributed by atoms with E-state index < -0.39 is 0 Å². The zero-order valence-corrected chi connectivity index (χ0v) is 13.1. The van der Waals surface area contributed by atoms with Crippen LogP contribution in [0.25, 0.3) is 0 Å². The van der Waals surface area contributed by atoms with E-state index in [1.807, 2.05) is 0 Å². The number of benzene rings is 1. The van der Waals surface area contributed by atoms with Crippen molar-refractivity contribution in [3.63, 3.8) is 0 Å². The fourth-order valence-electron chi connectivity index (χ4n) is 2.73. The zero-order valence-electron chi connectivity index (χ0n) is 13.1. The Labute approximate surface area is 126 Å². The number of fused-ring (bicyclic) bond motifs is 1. The maximum Gasteiger partial charge on any atom is 0.129 e. The molecule has 0 amide bonds. The van der Waals surface area contributed by atoms with Gasteiger partial charge >= 0.3 is 0 Å². The Morgan fingerprint density at radius 2 is 1.71 bits per heavy atom. The van der Waals surface area contributed by atoms with Crippen LogP contribution in [0.3, 0.4) is 0 Å². The Morgan fingerprint density at radius 1 is 1.10 bits per heavy atom. The topological polar surface area (TPSA) is 42.1 Å². The summed E-state index contributed by atoms with van der Waals surface area (Å²) < 4.78 is 0. The van der Waals surface area contributed by atoms with Crippen molar-refractivity contribution in [1.82, 2.24) is 4.98 Å². The molecule has 0 unspecified atom stereocenters. The number of hydrogen-bond donors (Lipinski definition) is 1. The molecule has 21 heavy (non-hydrogen) atoms. The molecule has 1 aliphatic heterocycles. The van der Waals surface area contributed by atoms with Crippen molar-refractivity contribution in [2.45, 2.75) is 45.8 Å². The highest BCUT2D eigenvalue weighted by atomic mass is 15.2. The van der Waals surface area contributed by atoms with Gasteiger partial charge in [-0.15, -0.1) is 0 Å². The Bertz CT molecular complexity index is 631. The third-order valence-electron chi connectivity index (χ3n) is 4.04. The molecule has 1 aromatic carbocycles. The summed E-state index contributed by atoms with van der Waals surface area (Å²) in [6.07, 6.45) is 0. The smallest absolute Gasteiger partial charge is 0.129 e. The first kappa shape index (κ1) is 14.1. The molecule has 3 nitrogen and oxygen atoms in total. The van der Waals surface area contributed by atoms with E-state index in [2.05, 4.69) is 62.1 Å². The number of rotatable bonds is 2. The van der Waals surface area contributed by atoms with E-state index in [9.17, 15) is 0 Å². The molecule has 0 atom stereocenters. The van der Waals surface area contributed by atoms with Gasteiger partial charge in [0.1, 0.15) is 5.82 Å². The molecule has 2 aromatic rings. The van der Waals surface area contributed by atoms with Crippen LogP contribution in [0.1, 0.15) is 43.2 Å². The van der Waals surface area contributed by atoms with Crippen molar-refractivity contribution >= 4 is 5.82 Å². The standard InChI is InChI=1S/C18H23N3/c1-18(2,3)16-8-13(10-19)9-17(20-16)21-11-14-6-4-5-7-15(14)12-21/h4-9H,10-12,19H2,1-3H3. The highest BCUT2D eigenvalue weighted by Gasteiger charge is 2.22. The Hall–Kier alpha value is -1.87. The average Bonchev–Trinajstić information content (AvgIpc) is 2.89. The Kier molecular flexibility index (Phi) is 3.46. The third kappa shape index (κ3) is 2.79. The van der Waals surface area contributed by atoms with Gasteiger partial charge in [0, 0.05) is 30.7 Å². The van der Waals surface area contributed by atoms with Crippen LogP contribution in [-0.2, 0) is 25.0 Å². The molecule has 0 saturated heterocycles. The van der Waals surface area contributed by atoms with Crippen molar-refractivity contribution in [1.29, 1.82) is 0 Å². The normalized spacial score (nSPS) is 14.4. The lowest BCUT2D eigenvalue weighted by molar-refractivity contribution is 0.566. The minimum Gasteiger partial charge on any atom is -0.348 e. The molecular weight excluding hydrogens is 258 g/mol. The number of hydrogen-bond acceptors (Lipinski definition) is 3. The minimum atomic E-state index is 0.0342. The molecule has 0 aliphatic carbocycles. The number of nitrogens with two attached hydrogens (primary N) is 1. The molecule has 0 spiro atoms. The van der Waals surface area contributed by atoms with Gasteiger partial charge in [-0.3, -0.25) is 0 Å². The predicted molar refractivity (Wildman–Crippen MR) is 87.2 cm³/mol. The Morgan fingerprint density at radius 3 is 2.24 bits per heavy atom. The molecule has 0 bridgehead atoms. The van der Waals surface area contributed by atoms with Gasteiger partial charge < -0.3 is 10.6 Å². The van der Waals surface area contributed by atoms with Gasteiger partial charge in [0.05, 0.1) is 0 Å². The summed E-state index contributed by atoms with van der Waals surface area (Å²) in [7, 11) is 0. The van der Waals surface area contributed by atoms with Gasteiger partial charge in [-0.1, -0.05) is 45.0 Å². The molecule has 1 aliphatic rings. The van der Waals surface area contributed by atoms with Gasteiger partial charge in [-0.05, 0) is 28.8 Å². The average molecular weight is 281 g/mol. The van der Waals surface area contributed by atoms with Crippen LogP contribution in [0.5, 0.6) is 0 Å². The summed E-state index contributed by atoms with van der Waals surface area (Å²) in [6.45, 7) is 9.00. The number of anilines is 1. The minimum absolute atomic E-state index is 0.0342. The van der Waals surface area contributed by atoms with Gasteiger partial charge in [0.15, 0.2) is 0 Å². The van der Waals surface area contributed by atoms with Gasteiger partial charge in [-0.2, -0.15) is 0 Å². The zero-order chi connectivity index (χ0) is 15.0. The maximum atomic E-state index is 5.87. The van der Waals surface area contributed by atoms with E-state index in [4.69, 9.17) is 10.7 Å². The summed E-state index contributed by atoms with van der Waals surface area (Å²) in [6, 6.07) is 12.9. The van der Waals surface area contributed by atoms with E-state index >= 15 is 0 Å². The molecule has 110 valence electrons. The fraction of sp³-hybridized carbons (Fsp3) is 0.389. The molecule has 0 saturated carbocycles. The van der Waals surface area contributed by atoms with E-state index in [-0.39, 0.29) is 5.41 Å². The first-order valence-electron chi connectivity index (χ1n) is 7.50. The molecular formula is C18H23N3. The quantitative estimate of drug-likeness (QED) is 0.918. The molecule has 1 aromatic heterocycles. The van der Waals surface area contributed by atoms with Crippen LogP contribution >= 0.6 is 0 Å². The lowest BCUT2D eigenvalue weighted by Crippen LogP contribution is -2.21. The van der Waals surface area contributed by atoms with Crippen LogP contribution in [0.15, 0.2) is 36.4 Å². The molecule has 0 fully saturated rings. The first-order valence-corrected chi connectivity index (χ1v) is 7.50. The van der Waals surface area contributed by atoms with Crippen molar-refractivity contribution in [3.8, 4) is 0 Å². The second-order valence-corrected chi connectivity index (χ2v) is 6.80. The summed E-state index contributed by atoms with van der Waals surface area (Å²) in [5.41, 5.74) is 11.0. The lowest BCUT2D eigenvalue weighted by atomic mass is 9.90. The maximum absolute atomic E-state index is 5.87. The Balaban J connectivity index is 1.97. The van der Waals surface area contributed by atoms with Crippen molar-refractivity contribution in [3.05, 3.63) is 58.8 Å². The van der Waals surface area contributed by atoms with E-state index in [1.54, 1.807) is 0 Å². The van der Waals surface area contributed by atoms with E-state index in [0.717, 1.165) is 30.2 Å². The van der Waals surface area contributed by atoms with Crippen LogP contribution in [0, 0.1) is 0 Å². The second-order valence-electron chi connectivity index (χ2n) is 6.80. The van der Waals surface area contributed by atoms with Gasteiger partial charge in [0.25, 0.3) is 0 Å². The fourth-order valence-corrected chi connectivity index (χ4v) is 2.73. The highest BCUT2D eigenvalue weighted by molar-refractivity contribution is 5.49. The van der Waals surface area contributed by atoms with Crippen molar-refractivity contribution in [2.24, 2.45) is 5.73 Å². The first-order chi connectivity index (χ1) is 9.97. The number of aromatic nitrogens is 1. The van der Waals surface area contributed by atoms with Gasteiger partial charge in [0.2, 0.25) is 0 Å².